The minimum Gasteiger partial charge on any atom is -0.381 e. The lowest BCUT2D eigenvalue weighted by molar-refractivity contribution is -0.123. The smallest absolute Gasteiger partial charge is 0.234 e. The molecule has 0 saturated carbocycles. The molecular formula is C9H18N2O2. The quantitative estimate of drug-likeness (QED) is 0.646. The Morgan fingerprint density at radius 1 is 1.46 bits per heavy atom. The predicted molar refractivity (Wildman–Crippen MR) is 50.5 cm³/mol. The maximum Gasteiger partial charge on any atom is 0.234 e. The van der Waals surface area contributed by atoms with E-state index < -0.39 is 0 Å². The summed E-state index contributed by atoms with van der Waals surface area (Å²) in [5.41, 5.74) is -0.0633. The summed E-state index contributed by atoms with van der Waals surface area (Å²) in [6.45, 7) is 3.95. The van der Waals surface area contributed by atoms with Crippen LogP contribution in [0.3, 0.4) is 0 Å². The second-order valence-electron chi connectivity index (χ2n) is 3.75. The largest absolute Gasteiger partial charge is 0.381 e. The van der Waals surface area contributed by atoms with Crippen LogP contribution in [0.2, 0.25) is 0 Å². The first kappa shape index (κ1) is 10.5. The van der Waals surface area contributed by atoms with Crippen LogP contribution in [-0.2, 0) is 9.53 Å². The van der Waals surface area contributed by atoms with Crippen LogP contribution in [0.1, 0.15) is 19.8 Å². The summed E-state index contributed by atoms with van der Waals surface area (Å²) in [4.78, 5) is 11.3. The molecule has 2 N–H and O–H groups in total. The molecule has 1 aliphatic heterocycles. The molecule has 0 atom stereocenters. The van der Waals surface area contributed by atoms with Gasteiger partial charge in [-0.2, -0.15) is 0 Å². The molecule has 1 aliphatic rings. The number of rotatable bonds is 3. The number of amides is 1. The molecule has 1 fully saturated rings. The summed E-state index contributed by atoms with van der Waals surface area (Å²) in [6, 6.07) is 0. The topological polar surface area (TPSA) is 50.4 Å². The molecule has 0 unspecified atom stereocenters. The van der Waals surface area contributed by atoms with E-state index >= 15 is 0 Å². The molecule has 1 amide bonds. The lowest BCUT2D eigenvalue weighted by Gasteiger charge is -2.34. The Labute approximate surface area is 79.0 Å². The van der Waals surface area contributed by atoms with E-state index in [1.54, 1.807) is 7.05 Å². The van der Waals surface area contributed by atoms with Crippen molar-refractivity contribution in [3.8, 4) is 0 Å². The highest BCUT2D eigenvalue weighted by Gasteiger charge is 2.28. The molecule has 4 heteroatoms. The molecule has 4 nitrogen and oxygen atoms in total. The summed E-state index contributed by atoms with van der Waals surface area (Å²) in [5.74, 6) is 0.0619. The highest BCUT2D eigenvalue weighted by Crippen LogP contribution is 2.19. The number of hydrogen-bond acceptors (Lipinski definition) is 3. The van der Waals surface area contributed by atoms with E-state index in [0.29, 0.717) is 6.54 Å². The van der Waals surface area contributed by atoms with Gasteiger partial charge < -0.3 is 15.4 Å². The number of hydrogen-bond donors (Lipinski definition) is 2. The normalized spacial score (nSPS) is 21.1. The second kappa shape index (κ2) is 4.58. The zero-order valence-electron chi connectivity index (χ0n) is 8.35. The molecule has 1 saturated heterocycles. The molecule has 0 aromatic heterocycles. The van der Waals surface area contributed by atoms with E-state index in [-0.39, 0.29) is 11.4 Å². The van der Waals surface area contributed by atoms with E-state index in [1.807, 2.05) is 0 Å². The molecule has 0 aliphatic carbocycles. The molecule has 13 heavy (non-hydrogen) atoms. The third-order valence-electron chi connectivity index (χ3n) is 2.37. The lowest BCUT2D eigenvalue weighted by atomic mass is 9.92. The van der Waals surface area contributed by atoms with Gasteiger partial charge in [-0.25, -0.2) is 0 Å². The van der Waals surface area contributed by atoms with Gasteiger partial charge in [0.15, 0.2) is 0 Å². The van der Waals surface area contributed by atoms with Gasteiger partial charge in [0.2, 0.25) is 5.91 Å². The number of nitrogens with one attached hydrogen (secondary N) is 2. The van der Waals surface area contributed by atoms with Gasteiger partial charge in [-0.15, -0.1) is 0 Å². The van der Waals surface area contributed by atoms with Gasteiger partial charge in [-0.1, -0.05) is 0 Å². The van der Waals surface area contributed by atoms with Crippen LogP contribution < -0.4 is 10.6 Å². The molecule has 76 valence electrons. The summed E-state index contributed by atoms with van der Waals surface area (Å²) in [5, 5.41) is 5.85. The van der Waals surface area contributed by atoms with Gasteiger partial charge in [-0.05, 0) is 26.8 Å². The summed E-state index contributed by atoms with van der Waals surface area (Å²) >= 11 is 0. The van der Waals surface area contributed by atoms with Crippen molar-refractivity contribution in [2.24, 2.45) is 0 Å². The van der Waals surface area contributed by atoms with Crippen LogP contribution in [-0.4, -0.2) is 38.3 Å². The lowest BCUT2D eigenvalue weighted by Crippen LogP contribution is -2.51. The first-order valence-corrected chi connectivity index (χ1v) is 4.70. The molecule has 0 aromatic carbocycles. The van der Waals surface area contributed by atoms with Gasteiger partial charge in [-0.3, -0.25) is 4.79 Å². The number of ether oxygens (including phenoxy) is 1. The van der Waals surface area contributed by atoms with Crippen molar-refractivity contribution in [3.63, 3.8) is 0 Å². The average molecular weight is 186 g/mol. The minimum atomic E-state index is -0.0633. The molecule has 0 bridgehead atoms. The van der Waals surface area contributed by atoms with Gasteiger partial charge in [0.05, 0.1) is 6.54 Å². The molecule has 1 rings (SSSR count). The summed E-state index contributed by atoms with van der Waals surface area (Å²) < 4.78 is 5.24. The Bertz CT molecular complexity index is 176. The van der Waals surface area contributed by atoms with Crippen molar-refractivity contribution in [3.05, 3.63) is 0 Å². The van der Waals surface area contributed by atoms with E-state index in [1.165, 1.54) is 0 Å². The fraction of sp³-hybridized carbons (Fsp3) is 0.889. The van der Waals surface area contributed by atoms with Crippen LogP contribution in [0.5, 0.6) is 0 Å². The van der Waals surface area contributed by atoms with Gasteiger partial charge in [0, 0.05) is 18.8 Å². The Kier molecular flexibility index (Phi) is 3.69. The standard InChI is InChI=1S/C9H18N2O2/c1-9(3-5-13-6-4-9)11-8(12)7-10-2/h10H,3-7H2,1-2H3,(H,11,12). The molecule has 1 heterocycles. The number of likely N-dealkylation sites (N-methyl/N-ethyl adjacent to an activating group) is 1. The second-order valence-corrected chi connectivity index (χ2v) is 3.75. The predicted octanol–water partition coefficient (Wildman–Crippen LogP) is -0.109. The monoisotopic (exact) mass is 186 g/mol. The van der Waals surface area contributed by atoms with Crippen molar-refractivity contribution >= 4 is 5.91 Å². The Balaban J connectivity index is 2.36. The van der Waals surface area contributed by atoms with Crippen molar-refractivity contribution in [1.29, 1.82) is 0 Å². The minimum absolute atomic E-state index is 0.0619. The van der Waals surface area contributed by atoms with Gasteiger partial charge >= 0.3 is 0 Å². The van der Waals surface area contributed by atoms with Crippen LogP contribution in [0.25, 0.3) is 0 Å². The molecule has 0 radical (unpaired) electrons. The molecule has 0 spiro atoms. The fourth-order valence-corrected chi connectivity index (χ4v) is 1.49. The Morgan fingerprint density at radius 2 is 2.08 bits per heavy atom. The van der Waals surface area contributed by atoms with E-state index in [2.05, 4.69) is 17.6 Å². The summed E-state index contributed by atoms with van der Waals surface area (Å²) in [7, 11) is 1.77. The van der Waals surface area contributed by atoms with Crippen molar-refractivity contribution < 1.29 is 9.53 Å². The number of carbonyl (C=O) groups excluding carboxylic acids is 1. The first-order chi connectivity index (χ1) is 6.16. The fourth-order valence-electron chi connectivity index (χ4n) is 1.49. The molecular weight excluding hydrogens is 168 g/mol. The van der Waals surface area contributed by atoms with E-state index in [9.17, 15) is 4.79 Å². The first-order valence-electron chi connectivity index (χ1n) is 4.70. The van der Waals surface area contributed by atoms with Crippen molar-refractivity contribution in [1.82, 2.24) is 10.6 Å². The third kappa shape index (κ3) is 3.32. The average Bonchev–Trinajstić information content (AvgIpc) is 2.04. The maximum atomic E-state index is 11.3. The Hall–Kier alpha value is -0.610. The van der Waals surface area contributed by atoms with Crippen LogP contribution in [0, 0.1) is 0 Å². The SMILES string of the molecule is CNCC(=O)NC1(C)CCOCC1. The van der Waals surface area contributed by atoms with Crippen LogP contribution in [0.4, 0.5) is 0 Å². The zero-order valence-corrected chi connectivity index (χ0v) is 8.35. The van der Waals surface area contributed by atoms with E-state index in [4.69, 9.17) is 4.74 Å². The van der Waals surface area contributed by atoms with Crippen molar-refractivity contribution in [2.75, 3.05) is 26.8 Å². The highest BCUT2D eigenvalue weighted by molar-refractivity contribution is 5.78. The zero-order chi connectivity index (χ0) is 9.73. The van der Waals surface area contributed by atoms with Crippen LogP contribution >= 0.6 is 0 Å². The van der Waals surface area contributed by atoms with Crippen molar-refractivity contribution in [2.45, 2.75) is 25.3 Å². The van der Waals surface area contributed by atoms with E-state index in [0.717, 1.165) is 26.1 Å². The molecule has 0 aromatic rings. The summed E-state index contributed by atoms with van der Waals surface area (Å²) in [6.07, 6.45) is 1.81. The van der Waals surface area contributed by atoms with Gasteiger partial charge in [0.1, 0.15) is 0 Å². The van der Waals surface area contributed by atoms with Gasteiger partial charge in [0.25, 0.3) is 0 Å². The Morgan fingerprint density at radius 3 is 2.62 bits per heavy atom. The third-order valence-corrected chi connectivity index (χ3v) is 2.37. The van der Waals surface area contributed by atoms with Crippen LogP contribution in [0.15, 0.2) is 0 Å². The highest BCUT2D eigenvalue weighted by atomic mass is 16.5. The maximum absolute atomic E-state index is 11.3. The number of carbonyl (C=O) groups is 1.